The molecule has 1 aliphatic carbocycles. The maximum absolute atomic E-state index is 12.2. The number of nitrogens with zero attached hydrogens (tertiary/aromatic N) is 2. The van der Waals surface area contributed by atoms with Crippen LogP contribution in [0.4, 0.5) is 0 Å². The van der Waals surface area contributed by atoms with E-state index in [1.165, 1.54) is 12.8 Å². The van der Waals surface area contributed by atoms with Gasteiger partial charge in [-0.1, -0.05) is 6.92 Å². The van der Waals surface area contributed by atoms with Gasteiger partial charge in [0.2, 0.25) is 0 Å². The van der Waals surface area contributed by atoms with Gasteiger partial charge >= 0.3 is 0 Å². The maximum atomic E-state index is 12.2. The first kappa shape index (κ1) is 18.6. The molecule has 0 bridgehead atoms. The van der Waals surface area contributed by atoms with Gasteiger partial charge < -0.3 is 10.6 Å². The lowest BCUT2D eigenvalue weighted by atomic mass is 9.94. The number of rotatable bonds is 3. The van der Waals surface area contributed by atoms with E-state index in [4.69, 9.17) is 0 Å². The Kier molecular flexibility index (Phi) is 6.05. The van der Waals surface area contributed by atoms with Crippen molar-refractivity contribution in [2.45, 2.75) is 25.8 Å². The molecule has 1 saturated carbocycles. The largest absolute Gasteiger partial charge is 0.349 e. The van der Waals surface area contributed by atoms with E-state index in [9.17, 15) is 4.79 Å². The van der Waals surface area contributed by atoms with Crippen LogP contribution >= 0.6 is 38.3 Å². The molecule has 2 aromatic heterocycles. The van der Waals surface area contributed by atoms with Crippen molar-refractivity contribution in [3.05, 3.63) is 23.5 Å². The highest BCUT2D eigenvalue weighted by Gasteiger charge is 2.41. The molecular weight excluding hydrogens is 348 g/mol. The third-order valence-electron chi connectivity index (χ3n) is 4.95. The van der Waals surface area contributed by atoms with Crippen LogP contribution in [0.1, 0.15) is 30.3 Å². The molecule has 2 fully saturated rings. The van der Waals surface area contributed by atoms with Gasteiger partial charge in [-0.05, 0) is 37.1 Å². The zero-order chi connectivity index (χ0) is 14.4. The molecule has 128 valence electrons. The summed E-state index contributed by atoms with van der Waals surface area (Å²) in [5.74, 6) is 2.30. The van der Waals surface area contributed by atoms with E-state index in [0.29, 0.717) is 18.3 Å². The van der Waals surface area contributed by atoms with E-state index in [1.54, 1.807) is 17.5 Å². The van der Waals surface area contributed by atoms with Crippen molar-refractivity contribution in [2.75, 3.05) is 13.1 Å². The van der Waals surface area contributed by atoms with E-state index in [2.05, 4.69) is 22.5 Å². The average Bonchev–Trinajstić information content (AvgIpc) is 3.14. The van der Waals surface area contributed by atoms with Gasteiger partial charge in [-0.25, -0.2) is 4.98 Å². The number of hydrogen-bond acceptors (Lipinski definition) is 4. The molecule has 0 spiro atoms. The molecular formula is C15H24N4OS3. The van der Waals surface area contributed by atoms with Gasteiger partial charge in [-0.2, -0.15) is 27.0 Å². The molecule has 5 nitrogen and oxygen atoms in total. The van der Waals surface area contributed by atoms with E-state index in [1.807, 2.05) is 16.0 Å². The first-order valence-corrected chi connectivity index (χ1v) is 8.52. The van der Waals surface area contributed by atoms with Crippen molar-refractivity contribution in [3.8, 4) is 0 Å². The molecule has 0 aromatic carbocycles. The normalized spacial score (nSPS) is 28.9. The van der Waals surface area contributed by atoms with Crippen LogP contribution in [0.5, 0.6) is 0 Å². The summed E-state index contributed by atoms with van der Waals surface area (Å²) in [6.45, 7) is 4.15. The zero-order valence-corrected chi connectivity index (χ0v) is 15.9. The van der Waals surface area contributed by atoms with Gasteiger partial charge in [-0.3, -0.25) is 9.20 Å². The van der Waals surface area contributed by atoms with E-state index >= 15 is 0 Å². The summed E-state index contributed by atoms with van der Waals surface area (Å²) in [4.78, 5) is 17.4. The second kappa shape index (κ2) is 7.46. The number of aromatic nitrogens is 2. The fraction of sp³-hybridized carbons (Fsp3) is 0.600. The number of carbonyl (C=O) groups is 1. The van der Waals surface area contributed by atoms with Crippen molar-refractivity contribution in [1.29, 1.82) is 0 Å². The second-order valence-corrected chi connectivity index (χ2v) is 7.32. The third kappa shape index (κ3) is 3.55. The van der Waals surface area contributed by atoms with Crippen molar-refractivity contribution in [3.63, 3.8) is 0 Å². The van der Waals surface area contributed by atoms with Crippen molar-refractivity contribution in [2.24, 2.45) is 17.8 Å². The van der Waals surface area contributed by atoms with Gasteiger partial charge in [0.05, 0.1) is 0 Å². The minimum absolute atomic E-state index is 0. The van der Waals surface area contributed by atoms with Crippen molar-refractivity contribution < 1.29 is 4.79 Å². The second-order valence-electron chi connectivity index (χ2n) is 6.44. The first-order valence-electron chi connectivity index (χ1n) is 7.64. The Bertz CT molecular complexity index is 642. The Morgan fingerprint density at radius 1 is 1.48 bits per heavy atom. The third-order valence-corrected chi connectivity index (χ3v) is 5.72. The van der Waals surface area contributed by atoms with Crippen LogP contribution in [0.2, 0.25) is 0 Å². The predicted octanol–water partition coefficient (Wildman–Crippen LogP) is 1.99. The van der Waals surface area contributed by atoms with E-state index in [-0.39, 0.29) is 32.9 Å². The number of fused-ring (bicyclic) bond motifs is 2. The SMILES string of the molecule is CC1C[C@H]2CN[C@H](CNC(=O)c3cn4ccsc4n3)[C@H]2C1.S.S. The van der Waals surface area contributed by atoms with Gasteiger partial charge in [0.25, 0.3) is 5.91 Å². The molecule has 4 atom stereocenters. The lowest BCUT2D eigenvalue weighted by Crippen LogP contribution is -2.40. The molecule has 0 radical (unpaired) electrons. The van der Waals surface area contributed by atoms with Crippen molar-refractivity contribution >= 4 is 49.2 Å². The minimum atomic E-state index is -0.0674. The highest BCUT2D eigenvalue weighted by molar-refractivity contribution is 7.59. The Labute approximate surface area is 154 Å². The number of nitrogens with one attached hydrogen (secondary N) is 2. The van der Waals surface area contributed by atoms with Gasteiger partial charge in [0, 0.05) is 30.4 Å². The summed E-state index contributed by atoms with van der Waals surface area (Å²) in [6.07, 6.45) is 6.34. The van der Waals surface area contributed by atoms with Crippen LogP contribution in [0, 0.1) is 17.8 Å². The Morgan fingerprint density at radius 3 is 3.09 bits per heavy atom. The maximum Gasteiger partial charge on any atom is 0.271 e. The molecule has 8 heteroatoms. The topological polar surface area (TPSA) is 58.4 Å². The van der Waals surface area contributed by atoms with Crippen LogP contribution in [0.15, 0.2) is 17.8 Å². The predicted molar refractivity (Wildman–Crippen MR) is 103 cm³/mol. The molecule has 23 heavy (non-hydrogen) atoms. The summed E-state index contributed by atoms with van der Waals surface area (Å²) < 4.78 is 1.89. The Hall–Kier alpha value is -0.700. The Morgan fingerprint density at radius 2 is 2.30 bits per heavy atom. The van der Waals surface area contributed by atoms with Crippen LogP contribution in [0.3, 0.4) is 0 Å². The molecule has 3 heterocycles. The number of imidazole rings is 1. The summed E-state index contributed by atoms with van der Waals surface area (Å²) in [6, 6.07) is 0.424. The van der Waals surface area contributed by atoms with Gasteiger partial charge in [0.1, 0.15) is 5.69 Å². The van der Waals surface area contributed by atoms with Gasteiger partial charge in [-0.15, -0.1) is 11.3 Å². The van der Waals surface area contributed by atoms with Crippen LogP contribution < -0.4 is 10.6 Å². The van der Waals surface area contributed by atoms with Crippen LogP contribution in [-0.2, 0) is 0 Å². The Balaban J connectivity index is 0.000000960. The number of hydrogen-bond donors (Lipinski definition) is 2. The molecule has 2 aliphatic rings. The molecule has 1 amide bonds. The lowest BCUT2D eigenvalue weighted by molar-refractivity contribution is 0.0943. The van der Waals surface area contributed by atoms with Crippen molar-refractivity contribution in [1.82, 2.24) is 20.0 Å². The molecule has 1 aliphatic heterocycles. The summed E-state index contributed by atoms with van der Waals surface area (Å²) >= 11 is 1.54. The van der Waals surface area contributed by atoms with Crippen LogP contribution in [0.25, 0.3) is 4.96 Å². The summed E-state index contributed by atoms with van der Waals surface area (Å²) in [5.41, 5.74) is 0.510. The van der Waals surface area contributed by atoms with E-state index in [0.717, 1.165) is 29.3 Å². The number of carbonyl (C=O) groups excluding carboxylic acids is 1. The number of amides is 1. The molecule has 2 N–H and O–H groups in total. The molecule has 1 unspecified atom stereocenters. The summed E-state index contributed by atoms with van der Waals surface area (Å²) in [5, 5.41) is 8.58. The van der Waals surface area contributed by atoms with Gasteiger partial charge in [0.15, 0.2) is 4.96 Å². The fourth-order valence-electron chi connectivity index (χ4n) is 3.98. The lowest BCUT2D eigenvalue weighted by Gasteiger charge is -2.18. The first-order chi connectivity index (χ1) is 10.2. The summed E-state index contributed by atoms with van der Waals surface area (Å²) in [7, 11) is 0. The highest BCUT2D eigenvalue weighted by atomic mass is 32.1. The standard InChI is InChI=1S/C15H20N4OS.2H2S/c1-9-4-10-6-16-12(11(10)5-9)7-17-14(20)13-8-19-2-3-21-15(19)18-13;;/h2-3,8-12,16H,4-7H2,1H3,(H,17,20);2*1H2/t9?,10-,11-,12+;;/m0../s1. The fourth-order valence-corrected chi connectivity index (χ4v) is 4.68. The molecule has 4 rings (SSSR count). The monoisotopic (exact) mass is 372 g/mol. The smallest absolute Gasteiger partial charge is 0.271 e. The van der Waals surface area contributed by atoms with Crippen LogP contribution in [-0.4, -0.2) is 34.4 Å². The van der Waals surface area contributed by atoms with E-state index < -0.39 is 0 Å². The average molecular weight is 373 g/mol. The highest BCUT2D eigenvalue weighted by Crippen LogP contribution is 2.40. The zero-order valence-electron chi connectivity index (χ0n) is 13.1. The quantitative estimate of drug-likeness (QED) is 0.866. The molecule has 2 aromatic rings. The number of thiazole rings is 1. The minimum Gasteiger partial charge on any atom is -0.349 e. The molecule has 1 saturated heterocycles.